The predicted octanol–water partition coefficient (Wildman–Crippen LogP) is 3.20. The summed E-state index contributed by atoms with van der Waals surface area (Å²) in [6, 6.07) is 14.9. The Kier molecular flexibility index (Phi) is 5.42. The van der Waals surface area contributed by atoms with Gasteiger partial charge in [0.25, 0.3) is 5.91 Å². The number of nitrogens with one attached hydrogen (secondary N) is 1. The first-order valence-electron chi connectivity index (χ1n) is 7.23. The average molecular weight is 299 g/mol. The van der Waals surface area contributed by atoms with Crippen LogP contribution in [-0.4, -0.2) is 25.7 Å². The second-order valence-corrected chi connectivity index (χ2v) is 5.20. The maximum atomic E-state index is 12.2. The number of carbonyl (C=O) groups excluding carboxylic acids is 1. The highest BCUT2D eigenvalue weighted by molar-refractivity contribution is 5.97. The number of rotatable bonds is 6. The molecule has 0 saturated heterocycles. The number of methoxy groups -OCH3 is 1. The number of benzene rings is 2. The molecule has 0 spiro atoms. The van der Waals surface area contributed by atoms with Crippen molar-refractivity contribution < 1.29 is 14.3 Å². The van der Waals surface area contributed by atoms with Gasteiger partial charge in [-0.1, -0.05) is 29.8 Å². The fourth-order valence-electron chi connectivity index (χ4n) is 2.03. The molecule has 1 atom stereocenters. The Labute approximate surface area is 131 Å². The molecule has 1 N–H and O–H groups in total. The summed E-state index contributed by atoms with van der Waals surface area (Å²) in [5.41, 5.74) is 1.71. The summed E-state index contributed by atoms with van der Waals surface area (Å²) in [7, 11) is 1.55. The van der Waals surface area contributed by atoms with Crippen LogP contribution in [-0.2, 0) is 0 Å². The van der Waals surface area contributed by atoms with Crippen LogP contribution in [0.1, 0.15) is 22.8 Å². The normalized spacial score (nSPS) is 11.6. The minimum Gasteiger partial charge on any atom is -0.496 e. The van der Waals surface area contributed by atoms with Gasteiger partial charge in [-0.05, 0) is 38.1 Å². The summed E-state index contributed by atoms with van der Waals surface area (Å²) in [6.45, 7) is 4.34. The molecular formula is C18H21NO3. The minimum absolute atomic E-state index is 0.112. The Bertz CT molecular complexity index is 622. The van der Waals surface area contributed by atoms with Crippen molar-refractivity contribution in [2.24, 2.45) is 0 Å². The standard InChI is InChI=1S/C18H21NO3/c1-13-8-10-15(11-9-13)22-12-14(2)19-18(20)16-6-4-5-7-17(16)21-3/h4-11,14H,12H2,1-3H3,(H,19,20)/t14-/m0/s1. The third-order valence-corrected chi connectivity index (χ3v) is 3.25. The molecule has 4 heteroatoms. The van der Waals surface area contributed by atoms with Crippen LogP contribution in [0.25, 0.3) is 0 Å². The Morgan fingerprint density at radius 3 is 2.50 bits per heavy atom. The Hall–Kier alpha value is -2.49. The van der Waals surface area contributed by atoms with E-state index in [1.54, 1.807) is 19.2 Å². The van der Waals surface area contributed by atoms with E-state index in [4.69, 9.17) is 9.47 Å². The van der Waals surface area contributed by atoms with Gasteiger partial charge in [0, 0.05) is 0 Å². The van der Waals surface area contributed by atoms with E-state index in [1.807, 2.05) is 50.2 Å². The Balaban J connectivity index is 1.89. The summed E-state index contributed by atoms with van der Waals surface area (Å²) < 4.78 is 10.9. The molecule has 0 aliphatic carbocycles. The van der Waals surface area contributed by atoms with Gasteiger partial charge in [0.15, 0.2) is 0 Å². The number of hydrogen-bond donors (Lipinski definition) is 1. The molecule has 1 amide bonds. The molecule has 0 heterocycles. The maximum absolute atomic E-state index is 12.2. The van der Waals surface area contributed by atoms with Crippen LogP contribution in [0.2, 0.25) is 0 Å². The quantitative estimate of drug-likeness (QED) is 0.891. The second-order valence-electron chi connectivity index (χ2n) is 5.20. The summed E-state index contributed by atoms with van der Waals surface area (Å²) in [6.07, 6.45) is 0. The van der Waals surface area contributed by atoms with E-state index in [0.717, 1.165) is 5.75 Å². The summed E-state index contributed by atoms with van der Waals surface area (Å²) in [4.78, 5) is 12.2. The predicted molar refractivity (Wildman–Crippen MR) is 86.6 cm³/mol. The summed E-state index contributed by atoms with van der Waals surface area (Å²) in [5.74, 6) is 1.19. The molecule has 116 valence electrons. The molecule has 0 fully saturated rings. The topological polar surface area (TPSA) is 47.6 Å². The van der Waals surface area contributed by atoms with Crippen molar-refractivity contribution in [3.05, 3.63) is 59.7 Å². The summed E-state index contributed by atoms with van der Waals surface area (Å²) >= 11 is 0. The largest absolute Gasteiger partial charge is 0.496 e. The first-order chi connectivity index (χ1) is 10.6. The van der Waals surface area contributed by atoms with Crippen LogP contribution in [0.5, 0.6) is 11.5 Å². The van der Waals surface area contributed by atoms with Crippen LogP contribution < -0.4 is 14.8 Å². The highest BCUT2D eigenvalue weighted by Crippen LogP contribution is 2.17. The zero-order valence-electron chi connectivity index (χ0n) is 13.1. The molecule has 0 bridgehead atoms. The number of carbonyl (C=O) groups is 1. The van der Waals surface area contributed by atoms with Crippen LogP contribution in [0, 0.1) is 6.92 Å². The van der Waals surface area contributed by atoms with Gasteiger partial charge < -0.3 is 14.8 Å². The monoisotopic (exact) mass is 299 g/mol. The lowest BCUT2D eigenvalue weighted by molar-refractivity contribution is 0.0923. The van der Waals surface area contributed by atoms with Gasteiger partial charge in [0.2, 0.25) is 0 Å². The highest BCUT2D eigenvalue weighted by atomic mass is 16.5. The highest BCUT2D eigenvalue weighted by Gasteiger charge is 2.14. The zero-order valence-corrected chi connectivity index (χ0v) is 13.1. The lowest BCUT2D eigenvalue weighted by Gasteiger charge is -2.16. The van der Waals surface area contributed by atoms with E-state index in [2.05, 4.69) is 5.32 Å². The molecule has 22 heavy (non-hydrogen) atoms. The fourth-order valence-corrected chi connectivity index (χ4v) is 2.03. The van der Waals surface area contributed by atoms with Gasteiger partial charge in [0.05, 0.1) is 18.7 Å². The molecule has 2 aromatic rings. The molecule has 0 unspecified atom stereocenters. The van der Waals surface area contributed by atoms with Crippen molar-refractivity contribution in [2.75, 3.05) is 13.7 Å². The summed E-state index contributed by atoms with van der Waals surface area (Å²) in [5, 5.41) is 2.91. The van der Waals surface area contributed by atoms with E-state index < -0.39 is 0 Å². The maximum Gasteiger partial charge on any atom is 0.255 e. The number of para-hydroxylation sites is 1. The molecule has 4 nitrogen and oxygen atoms in total. The van der Waals surface area contributed by atoms with E-state index >= 15 is 0 Å². The van der Waals surface area contributed by atoms with Gasteiger partial charge in [-0.15, -0.1) is 0 Å². The van der Waals surface area contributed by atoms with Crippen molar-refractivity contribution in [3.8, 4) is 11.5 Å². The van der Waals surface area contributed by atoms with Crippen LogP contribution in [0.4, 0.5) is 0 Å². The third kappa shape index (κ3) is 4.25. The Morgan fingerprint density at radius 1 is 1.14 bits per heavy atom. The smallest absolute Gasteiger partial charge is 0.255 e. The molecule has 0 aliphatic rings. The lowest BCUT2D eigenvalue weighted by atomic mass is 10.2. The van der Waals surface area contributed by atoms with Crippen LogP contribution in [0.15, 0.2) is 48.5 Å². The lowest BCUT2D eigenvalue weighted by Crippen LogP contribution is -2.36. The Morgan fingerprint density at radius 2 is 1.82 bits per heavy atom. The van der Waals surface area contributed by atoms with E-state index in [0.29, 0.717) is 17.9 Å². The zero-order chi connectivity index (χ0) is 15.9. The van der Waals surface area contributed by atoms with Gasteiger partial charge in [-0.25, -0.2) is 0 Å². The third-order valence-electron chi connectivity index (χ3n) is 3.25. The van der Waals surface area contributed by atoms with Crippen molar-refractivity contribution in [3.63, 3.8) is 0 Å². The van der Waals surface area contributed by atoms with E-state index in [9.17, 15) is 4.79 Å². The van der Waals surface area contributed by atoms with Crippen molar-refractivity contribution in [1.82, 2.24) is 5.32 Å². The van der Waals surface area contributed by atoms with Gasteiger partial charge in [-0.2, -0.15) is 0 Å². The van der Waals surface area contributed by atoms with Crippen LogP contribution >= 0.6 is 0 Å². The van der Waals surface area contributed by atoms with Gasteiger partial charge in [-0.3, -0.25) is 4.79 Å². The molecule has 0 aliphatic heterocycles. The van der Waals surface area contributed by atoms with Gasteiger partial charge in [0.1, 0.15) is 18.1 Å². The van der Waals surface area contributed by atoms with E-state index in [-0.39, 0.29) is 11.9 Å². The van der Waals surface area contributed by atoms with Crippen LogP contribution in [0.3, 0.4) is 0 Å². The van der Waals surface area contributed by atoms with Crippen molar-refractivity contribution >= 4 is 5.91 Å². The number of hydrogen-bond acceptors (Lipinski definition) is 3. The molecular weight excluding hydrogens is 278 g/mol. The molecule has 2 rings (SSSR count). The first-order valence-corrected chi connectivity index (χ1v) is 7.23. The molecule has 0 aromatic heterocycles. The second kappa shape index (κ2) is 7.50. The SMILES string of the molecule is COc1ccccc1C(=O)N[C@@H](C)COc1ccc(C)cc1. The average Bonchev–Trinajstić information content (AvgIpc) is 2.54. The number of aryl methyl sites for hydroxylation is 1. The minimum atomic E-state index is -0.169. The molecule has 2 aromatic carbocycles. The van der Waals surface area contributed by atoms with Crippen molar-refractivity contribution in [2.45, 2.75) is 19.9 Å². The fraction of sp³-hybridized carbons (Fsp3) is 0.278. The number of ether oxygens (including phenoxy) is 2. The molecule has 0 saturated carbocycles. The molecule has 0 radical (unpaired) electrons. The number of amides is 1. The first kappa shape index (κ1) is 15.9. The van der Waals surface area contributed by atoms with E-state index in [1.165, 1.54) is 5.56 Å². The van der Waals surface area contributed by atoms with Gasteiger partial charge >= 0.3 is 0 Å². The van der Waals surface area contributed by atoms with Crippen molar-refractivity contribution in [1.29, 1.82) is 0 Å².